The Morgan fingerprint density at radius 3 is 2.36 bits per heavy atom. The van der Waals surface area contributed by atoms with Crippen molar-refractivity contribution >= 4 is 29.3 Å². The van der Waals surface area contributed by atoms with Gasteiger partial charge < -0.3 is 20.1 Å². The van der Waals surface area contributed by atoms with Gasteiger partial charge in [0.25, 0.3) is 11.8 Å². The fourth-order valence-corrected chi connectivity index (χ4v) is 10.1. The molecule has 0 radical (unpaired) electrons. The van der Waals surface area contributed by atoms with E-state index in [9.17, 15) is 24.3 Å². The number of rotatable bonds is 11. The Labute approximate surface area is 345 Å². The van der Waals surface area contributed by atoms with Crippen LogP contribution in [0, 0.1) is 5.92 Å². The number of nitrogens with one attached hydrogen (secondary N) is 2. The maximum absolute atomic E-state index is 13.4. The second-order valence-corrected chi connectivity index (χ2v) is 17.0. The first-order valence-corrected chi connectivity index (χ1v) is 21.4. The molecule has 11 heteroatoms. The lowest BCUT2D eigenvalue weighted by molar-refractivity contribution is -0.136. The molecule has 0 aromatic heterocycles. The molecular weight excluding hydrogens is 743 g/mol. The Hall–Kier alpha value is -5.52. The van der Waals surface area contributed by atoms with E-state index in [2.05, 4.69) is 81.1 Å². The van der Waals surface area contributed by atoms with Gasteiger partial charge in [0.1, 0.15) is 24.1 Å². The van der Waals surface area contributed by atoms with Crippen LogP contribution < -0.4 is 20.3 Å². The van der Waals surface area contributed by atoms with Crippen molar-refractivity contribution in [3.8, 4) is 11.5 Å². The predicted molar refractivity (Wildman–Crippen MR) is 225 cm³/mol. The molecule has 4 atom stereocenters. The number of phenols is 1. The van der Waals surface area contributed by atoms with Crippen molar-refractivity contribution < 1.29 is 29.0 Å². The molecule has 1 aliphatic carbocycles. The summed E-state index contributed by atoms with van der Waals surface area (Å²) in [6.07, 6.45) is 6.65. The normalized spacial score (nSPS) is 23.9. The number of imide groups is 2. The number of piperidine rings is 3. The average Bonchev–Trinajstić information content (AvgIpc) is 3.51. The minimum absolute atomic E-state index is 0.101. The summed E-state index contributed by atoms with van der Waals surface area (Å²) in [5.74, 6) is 0.502. The molecule has 306 valence electrons. The lowest BCUT2D eigenvalue weighted by Crippen LogP contribution is -2.54. The monoisotopic (exact) mass is 795 g/mol. The van der Waals surface area contributed by atoms with Crippen LogP contribution in [0.15, 0.2) is 91.0 Å². The van der Waals surface area contributed by atoms with E-state index < -0.39 is 23.8 Å². The highest BCUT2D eigenvalue weighted by Gasteiger charge is 2.45. The molecule has 3 saturated heterocycles. The highest BCUT2D eigenvalue weighted by atomic mass is 16.5. The second-order valence-electron chi connectivity index (χ2n) is 17.0. The molecule has 0 spiro atoms. The van der Waals surface area contributed by atoms with Crippen LogP contribution in [0.1, 0.15) is 99.8 Å². The number of aryl methyl sites for hydroxylation is 1. The summed E-state index contributed by atoms with van der Waals surface area (Å²) in [5.41, 5.74) is 6.69. The summed E-state index contributed by atoms with van der Waals surface area (Å²) in [6.45, 7) is 6.33. The van der Waals surface area contributed by atoms with Crippen molar-refractivity contribution in [1.29, 1.82) is 0 Å². The van der Waals surface area contributed by atoms with E-state index in [1.807, 2.05) is 18.2 Å². The first kappa shape index (κ1) is 39.0. The van der Waals surface area contributed by atoms with Gasteiger partial charge in [0.05, 0.1) is 11.1 Å². The molecule has 2 unspecified atom stereocenters. The number of carbonyl (C=O) groups excluding carboxylic acids is 4. The molecule has 4 aromatic rings. The van der Waals surface area contributed by atoms with Gasteiger partial charge in [0, 0.05) is 43.7 Å². The third-order valence-corrected chi connectivity index (χ3v) is 13.3. The zero-order valence-corrected chi connectivity index (χ0v) is 33.5. The Balaban J connectivity index is 0.728. The predicted octanol–water partition coefficient (Wildman–Crippen LogP) is 6.00. The fraction of sp³-hybridized carbons (Fsp3) is 0.417. The van der Waals surface area contributed by atoms with Crippen molar-refractivity contribution in [3.63, 3.8) is 0 Å². The number of anilines is 1. The van der Waals surface area contributed by atoms with Gasteiger partial charge in [-0.25, -0.2) is 0 Å². The number of benzene rings is 4. The number of phenolic OH excluding ortho intramolecular Hbond substituents is 1. The molecule has 4 aliphatic heterocycles. The third-order valence-electron chi connectivity index (χ3n) is 13.3. The number of likely N-dealkylation sites (tertiary alicyclic amines) is 1. The molecular formula is C48H53N5O6. The molecule has 59 heavy (non-hydrogen) atoms. The number of amides is 4. The smallest absolute Gasteiger partial charge is 0.262 e. The Morgan fingerprint density at radius 2 is 1.56 bits per heavy atom. The number of fused-ring (bicyclic) bond motifs is 2. The van der Waals surface area contributed by atoms with E-state index in [4.69, 9.17) is 4.74 Å². The van der Waals surface area contributed by atoms with Crippen LogP contribution in [0.5, 0.6) is 11.5 Å². The quantitative estimate of drug-likeness (QED) is 0.157. The molecule has 0 bridgehead atoms. The van der Waals surface area contributed by atoms with Gasteiger partial charge in [-0.3, -0.25) is 34.3 Å². The Kier molecular flexibility index (Phi) is 11.2. The first-order valence-electron chi connectivity index (χ1n) is 21.4. The van der Waals surface area contributed by atoms with Crippen molar-refractivity contribution in [2.24, 2.45) is 5.92 Å². The molecule has 4 heterocycles. The summed E-state index contributed by atoms with van der Waals surface area (Å²) in [6, 6.07) is 30.1. The van der Waals surface area contributed by atoms with Crippen molar-refractivity contribution in [2.45, 2.75) is 75.3 Å². The topological polar surface area (TPSA) is 132 Å². The van der Waals surface area contributed by atoms with E-state index in [1.165, 1.54) is 22.3 Å². The van der Waals surface area contributed by atoms with Gasteiger partial charge in [-0.1, -0.05) is 48.5 Å². The number of carbonyl (C=O) groups is 4. The van der Waals surface area contributed by atoms with Crippen molar-refractivity contribution in [2.75, 3.05) is 50.8 Å². The Morgan fingerprint density at radius 1 is 0.763 bits per heavy atom. The van der Waals surface area contributed by atoms with Gasteiger partial charge in [0.2, 0.25) is 11.8 Å². The lowest BCUT2D eigenvalue weighted by Gasteiger charge is -2.37. The summed E-state index contributed by atoms with van der Waals surface area (Å²) in [4.78, 5) is 56.5. The standard InChI is InChI=1S/C48H53N5O6/c54-37-12-17-40-34(27-37)10-15-39(32-5-2-1-3-6-32)45(40)33-8-13-38(14-9-33)59-26-25-51-23-20-31(21-24-51)29-49-35-7-4-22-52(30-35)36-11-16-41-42(28-36)48(58)53(47(41)57)43-18-19-44(55)50-46(43)56/h1-3,5-6,8-9,11-14,16-17,27-28,31,35,39,43,45,49,54H,4,7,10,15,18-26,29-30H2,(H,50,55,56)/t35?,39-,43?,45+/m1/s1. The van der Waals surface area contributed by atoms with E-state index in [-0.39, 0.29) is 24.7 Å². The van der Waals surface area contributed by atoms with Crippen LogP contribution in [0.4, 0.5) is 5.69 Å². The number of aromatic hydroxyl groups is 1. The van der Waals surface area contributed by atoms with E-state index in [0.717, 1.165) is 94.1 Å². The molecule has 0 saturated carbocycles. The van der Waals surface area contributed by atoms with Gasteiger partial charge >= 0.3 is 0 Å². The third kappa shape index (κ3) is 8.23. The largest absolute Gasteiger partial charge is 0.508 e. The number of ether oxygens (including phenoxy) is 1. The van der Waals surface area contributed by atoms with Crippen LogP contribution in [-0.2, 0) is 16.0 Å². The van der Waals surface area contributed by atoms with Gasteiger partial charge in [-0.05, 0) is 141 Å². The summed E-state index contributed by atoms with van der Waals surface area (Å²) in [5, 5.41) is 16.3. The van der Waals surface area contributed by atoms with Gasteiger partial charge in [-0.2, -0.15) is 0 Å². The van der Waals surface area contributed by atoms with Crippen molar-refractivity contribution in [3.05, 3.63) is 124 Å². The van der Waals surface area contributed by atoms with Gasteiger partial charge in [0.15, 0.2) is 0 Å². The SMILES string of the molecule is O=C1CCC(N2C(=O)c3ccc(N4CCCC(NCC5CCN(CCOc6ccc([C@@H]7c8ccc(O)cc8CC[C@@H]7c7ccccc7)cc6)CC5)C4)cc3C2=O)C(=O)N1. The van der Waals surface area contributed by atoms with Crippen LogP contribution in [0.2, 0.25) is 0 Å². The average molecular weight is 796 g/mol. The summed E-state index contributed by atoms with van der Waals surface area (Å²) >= 11 is 0. The number of nitrogens with zero attached hydrogens (tertiary/aromatic N) is 3. The first-order chi connectivity index (χ1) is 28.8. The molecule has 11 nitrogen and oxygen atoms in total. The minimum Gasteiger partial charge on any atom is -0.508 e. The van der Waals surface area contributed by atoms with E-state index >= 15 is 0 Å². The van der Waals surface area contributed by atoms with Crippen LogP contribution >= 0.6 is 0 Å². The molecule has 4 aromatic carbocycles. The second kappa shape index (κ2) is 17.0. The molecule has 5 aliphatic rings. The Bertz CT molecular complexity index is 2200. The highest BCUT2D eigenvalue weighted by Crippen LogP contribution is 2.47. The maximum atomic E-state index is 13.4. The zero-order valence-electron chi connectivity index (χ0n) is 33.5. The highest BCUT2D eigenvalue weighted by molar-refractivity contribution is 6.23. The zero-order chi connectivity index (χ0) is 40.5. The van der Waals surface area contributed by atoms with Crippen LogP contribution in [0.3, 0.4) is 0 Å². The lowest BCUT2D eigenvalue weighted by atomic mass is 9.69. The molecule has 3 N–H and O–H groups in total. The summed E-state index contributed by atoms with van der Waals surface area (Å²) in [7, 11) is 0. The molecule has 3 fully saturated rings. The number of hydrogen-bond donors (Lipinski definition) is 3. The van der Waals surface area contributed by atoms with Crippen molar-refractivity contribution in [1.82, 2.24) is 20.4 Å². The fourth-order valence-electron chi connectivity index (χ4n) is 10.1. The van der Waals surface area contributed by atoms with Gasteiger partial charge in [-0.15, -0.1) is 0 Å². The van der Waals surface area contributed by atoms with E-state index in [0.29, 0.717) is 41.4 Å². The van der Waals surface area contributed by atoms with E-state index in [1.54, 1.807) is 12.1 Å². The van der Waals surface area contributed by atoms with Crippen LogP contribution in [-0.4, -0.2) is 96.5 Å². The molecule has 4 amide bonds. The number of hydrogen-bond acceptors (Lipinski definition) is 9. The molecule has 9 rings (SSSR count). The minimum atomic E-state index is -0.963. The summed E-state index contributed by atoms with van der Waals surface area (Å²) < 4.78 is 6.27. The maximum Gasteiger partial charge on any atom is 0.262 e. The van der Waals surface area contributed by atoms with Crippen LogP contribution in [0.25, 0.3) is 0 Å².